The Morgan fingerprint density at radius 2 is 1.68 bits per heavy atom. The highest BCUT2D eigenvalue weighted by Crippen LogP contribution is 2.35. The lowest BCUT2D eigenvalue weighted by Crippen LogP contribution is -2.15. The van der Waals surface area contributed by atoms with Crippen LogP contribution < -0.4 is 15.4 Å². The van der Waals surface area contributed by atoms with Gasteiger partial charge in [-0.15, -0.1) is 0 Å². The lowest BCUT2D eigenvalue weighted by atomic mass is 10.1. The topological polar surface area (TPSA) is 76.1 Å². The number of para-hydroxylation sites is 3. The van der Waals surface area contributed by atoms with Gasteiger partial charge in [-0.3, -0.25) is 4.79 Å². The van der Waals surface area contributed by atoms with Crippen LogP contribution in [0.4, 0.5) is 30.4 Å². The van der Waals surface area contributed by atoms with Crippen LogP contribution in [0.15, 0.2) is 60.9 Å². The van der Waals surface area contributed by atoms with E-state index in [1.54, 1.807) is 24.3 Å². The molecule has 0 fully saturated rings. The number of anilines is 3. The number of halogens is 3. The molecule has 0 saturated heterocycles. The van der Waals surface area contributed by atoms with Crippen molar-refractivity contribution in [1.82, 2.24) is 9.97 Å². The maximum atomic E-state index is 13.1. The van der Waals surface area contributed by atoms with Crippen molar-refractivity contribution in [3.63, 3.8) is 0 Å². The van der Waals surface area contributed by atoms with E-state index < -0.39 is 17.6 Å². The smallest absolute Gasteiger partial charge is 0.418 e. The first-order chi connectivity index (χ1) is 13.4. The first-order valence-electron chi connectivity index (χ1n) is 8.08. The molecule has 0 saturated carbocycles. The van der Waals surface area contributed by atoms with Crippen LogP contribution in [0.2, 0.25) is 0 Å². The van der Waals surface area contributed by atoms with Gasteiger partial charge in [-0.25, -0.2) is 9.97 Å². The number of carbonyl (C=O) groups is 1. The predicted molar refractivity (Wildman–Crippen MR) is 97.7 cm³/mol. The van der Waals surface area contributed by atoms with Crippen molar-refractivity contribution in [1.29, 1.82) is 0 Å². The number of nitrogens with one attached hydrogen (secondary N) is 2. The van der Waals surface area contributed by atoms with E-state index >= 15 is 0 Å². The number of methoxy groups -OCH3 is 1. The molecule has 0 aliphatic heterocycles. The van der Waals surface area contributed by atoms with E-state index in [1.807, 2.05) is 0 Å². The van der Waals surface area contributed by atoms with E-state index in [0.29, 0.717) is 11.4 Å². The van der Waals surface area contributed by atoms with Gasteiger partial charge in [0.2, 0.25) is 0 Å². The molecule has 0 spiro atoms. The Morgan fingerprint density at radius 3 is 2.39 bits per heavy atom. The second kappa shape index (κ2) is 7.95. The van der Waals surface area contributed by atoms with Gasteiger partial charge >= 0.3 is 6.18 Å². The molecule has 0 atom stereocenters. The number of carbonyl (C=O) groups excluding carboxylic acids is 1. The second-order valence-corrected chi connectivity index (χ2v) is 5.61. The molecular weight excluding hydrogens is 373 g/mol. The molecule has 28 heavy (non-hydrogen) atoms. The van der Waals surface area contributed by atoms with Crippen LogP contribution in [0.1, 0.15) is 16.1 Å². The first kappa shape index (κ1) is 19.2. The molecule has 1 amide bonds. The maximum absolute atomic E-state index is 13.1. The molecule has 0 aliphatic rings. The second-order valence-electron chi connectivity index (χ2n) is 5.61. The Balaban J connectivity index is 1.83. The Morgan fingerprint density at radius 1 is 1.00 bits per heavy atom. The van der Waals surface area contributed by atoms with Crippen molar-refractivity contribution < 1.29 is 22.7 Å². The van der Waals surface area contributed by atoms with Gasteiger partial charge in [-0.2, -0.15) is 13.2 Å². The normalized spacial score (nSPS) is 11.0. The highest BCUT2D eigenvalue weighted by Gasteiger charge is 2.33. The number of nitrogens with zero attached hydrogens (tertiary/aromatic N) is 2. The molecule has 0 aliphatic carbocycles. The molecule has 0 bridgehead atoms. The number of rotatable bonds is 5. The standard InChI is InChI=1S/C19H15F3N4O2/c1-28-16-9-5-4-8-14(16)26-18(27)15-10-17(24-11-23-15)25-13-7-3-2-6-12(13)19(20,21)22/h2-11H,1H3,(H,26,27)(H,23,24,25). The van der Waals surface area contributed by atoms with Crippen LogP contribution in [-0.4, -0.2) is 23.0 Å². The molecule has 2 N–H and O–H groups in total. The van der Waals surface area contributed by atoms with E-state index in [9.17, 15) is 18.0 Å². The zero-order valence-electron chi connectivity index (χ0n) is 14.6. The van der Waals surface area contributed by atoms with Gasteiger partial charge < -0.3 is 15.4 Å². The summed E-state index contributed by atoms with van der Waals surface area (Å²) in [5.74, 6) is -0.0432. The average Bonchev–Trinajstić information content (AvgIpc) is 2.68. The number of ether oxygens (including phenoxy) is 1. The van der Waals surface area contributed by atoms with Gasteiger partial charge in [0.05, 0.1) is 24.0 Å². The van der Waals surface area contributed by atoms with Crippen LogP contribution in [0.5, 0.6) is 5.75 Å². The fourth-order valence-electron chi connectivity index (χ4n) is 2.46. The number of benzene rings is 2. The number of aromatic nitrogens is 2. The van der Waals surface area contributed by atoms with Crippen LogP contribution in [0.25, 0.3) is 0 Å². The molecule has 2 aromatic carbocycles. The molecule has 144 valence electrons. The molecule has 9 heteroatoms. The van der Waals surface area contributed by atoms with E-state index in [2.05, 4.69) is 20.6 Å². The van der Waals surface area contributed by atoms with Gasteiger partial charge in [0.25, 0.3) is 5.91 Å². The monoisotopic (exact) mass is 388 g/mol. The van der Waals surface area contributed by atoms with Gasteiger partial charge in [0, 0.05) is 6.07 Å². The number of hydrogen-bond donors (Lipinski definition) is 2. The first-order valence-corrected chi connectivity index (χ1v) is 8.08. The molecule has 0 radical (unpaired) electrons. The Bertz CT molecular complexity index is 993. The largest absolute Gasteiger partial charge is 0.495 e. The number of alkyl halides is 3. The van der Waals surface area contributed by atoms with Gasteiger partial charge in [-0.05, 0) is 24.3 Å². The third-order valence-electron chi connectivity index (χ3n) is 3.75. The van der Waals surface area contributed by atoms with Gasteiger partial charge in [-0.1, -0.05) is 24.3 Å². The van der Waals surface area contributed by atoms with Crippen molar-refractivity contribution in [2.45, 2.75) is 6.18 Å². The van der Waals surface area contributed by atoms with Crippen molar-refractivity contribution >= 4 is 23.1 Å². The summed E-state index contributed by atoms with van der Waals surface area (Å²) in [5, 5.41) is 5.23. The SMILES string of the molecule is COc1ccccc1NC(=O)c1cc(Nc2ccccc2C(F)(F)F)ncn1. The Labute approximate surface area is 158 Å². The van der Waals surface area contributed by atoms with Gasteiger partial charge in [0.15, 0.2) is 0 Å². The quantitative estimate of drug-likeness (QED) is 0.673. The van der Waals surface area contributed by atoms with Crippen molar-refractivity contribution in [3.05, 3.63) is 72.2 Å². The lowest BCUT2D eigenvalue weighted by molar-refractivity contribution is -0.136. The van der Waals surface area contributed by atoms with E-state index in [4.69, 9.17) is 4.74 Å². The third-order valence-corrected chi connectivity index (χ3v) is 3.75. The summed E-state index contributed by atoms with van der Waals surface area (Å²) in [7, 11) is 1.47. The molecule has 3 rings (SSSR count). The van der Waals surface area contributed by atoms with E-state index in [-0.39, 0.29) is 17.2 Å². The van der Waals surface area contributed by atoms with Crippen molar-refractivity contribution in [2.75, 3.05) is 17.7 Å². The summed E-state index contributed by atoms with van der Waals surface area (Å²) in [5.41, 5.74) is -0.600. The van der Waals surface area contributed by atoms with Crippen LogP contribution >= 0.6 is 0 Å². The molecule has 0 unspecified atom stereocenters. The summed E-state index contributed by atoms with van der Waals surface area (Å²) in [6.45, 7) is 0. The van der Waals surface area contributed by atoms with Crippen molar-refractivity contribution in [3.8, 4) is 5.75 Å². The summed E-state index contributed by atoms with van der Waals surface area (Å²) >= 11 is 0. The molecule has 6 nitrogen and oxygen atoms in total. The zero-order chi connectivity index (χ0) is 20.1. The van der Waals surface area contributed by atoms with Crippen molar-refractivity contribution in [2.24, 2.45) is 0 Å². The predicted octanol–water partition coefficient (Wildman–Crippen LogP) is 4.50. The molecule has 3 aromatic rings. The molecule has 1 aromatic heterocycles. The molecular formula is C19H15F3N4O2. The highest BCUT2D eigenvalue weighted by molar-refractivity contribution is 6.04. The van der Waals surface area contributed by atoms with Crippen LogP contribution in [-0.2, 0) is 6.18 Å². The molecule has 1 heterocycles. The minimum absolute atomic E-state index is 0.0205. The maximum Gasteiger partial charge on any atom is 0.418 e. The minimum Gasteiger partial charge on any atom is -0.495 e. The average molecular weight is 388 g/mol. The zero-order valence-corrected chi connectivity index (χ0v) is 14.6. The summed E-state index contributed by atoms with van der Waals surface area (Å²) in [6.07, 6.45) is -3.43. The number of hydrogen-bond acceptors (Lipinski definition) is 5. The van der Waals surface area contributed by atoms with Crippen LogP contribution in [0.3, 0.4) is 0 Å². The summed E-state index contributed by atoms with van der Waals surface area (Å²) < 4.78 is 44.5. The summed E-state index contributed by atoms with van der Waals surface area (Å²) in [6, 6.07) is 13.1. The highest BCUT2D eigenvalue weighted by atomic mass is 19.4. The third kappa shape index (κ3) is 4.37. The minimum atomic E-state index is -4.53. The van der Waals surface area contributed by atoms with Gasteiger partial charge in [0.1, 0.15) is 23.6 Å². The fourth-order valence-corrected chi connectivity index (χ4v) is 2.46. The summed E-state index contributed by atoms with van der Waals surface area (Å²) in [4.78, 5) is 20.2. The van der Waals surface area contributed by atoms with E-state index in [0.717, 1.165) is 12.4 Å². The van der Waals surface area contributed by atoms with E-state index in [1.165, 1.54) is 31.4 Å². The Kier molecular flexibility index (Phi) is 5.44. The fraction of sp³-hybridized carbons (Fsp3) is 0.105. The Hall–Kier alpha value is -3.62. The lowest BCUT2D eigenvalue weighted by Gasteiger charge is -2.14. The van der Waals surface area contributed by atoms with Crippen LogP contribution in [0, 0.1) is 0 Å². The number of amides is 1.